The third kappa shape index (κ3) is 5.88. The van der Waals surface area contributed by atoms with Crippen molar-refractivity contribution in [1.82, 2.24) is 0 Å². The first kappa shape index (κ1) is 29.6. The van der Waals surface area contributed by atoms with E-state index in [0.29, 0.717) is 4.22 Å². The van der Waals surface area contributed by atoms with Crippen molar-refractivity contribution in [3.63, 3.8) is 0 Å². The van der Waals surface area contributed by atoms with Crippen molar-refractivity contribution in [2.24, 2.45) is 0 Å². The van der Waals surface area contributed by atoms with Crippen LogP contribution in [-0.4, -0.2) is 3.81 Å². The van der Waals surface area contributed by atoms with E-state index in [0.717, 1.165) is 11.8 Å². The minimum Gasteiger partial charge on any atom is -1.00 e. The van der Waals surface area contributed by atoms with E-state index in [4.69, 9.17) is 0 Å². The van der Waals surface area contributed by atoms with Crippen molar-refractivity contribution >= 4 is 3.81 Å². The average molecular weight is 596 g/mol. The monoisotopic (exact) mass is 594 g/mol. The van der Waals surface area contributed by atoms with Crippen LogP contribution in [0.1, 0.15) is 141 Å². The Bertz CT molecular complexity index is 1180. The molecule has 0 unspecified atom stereocenters. The molecule has 3 fully saturated rings. The predicted molar refractivity (Wildman–Crippen MR) is 155 cm³/mol. The quantitative estimate of drug-likeness (QED) is 0.459. The number of hydrogen-bond acceptors (Lipinski definition) is 0. The van der Waals surface area contributed by atoms with Crippen LogP contribution in [0, 0.1) is 0 Å². The molecular weight excluding hydrogens is 551 g/mol. The molecule has 0 aromatic heterocycles. The summed E-state index contributed by atoms with van der Waals surface area (Å²) in [6.45, 7) is 0. The number of fused-ring (bicyclic) bond motifs is 3. The van der Waals surface area contributed by atoms with Gasteiger partial charge in [0.25, 0.3) is 0 Å². The maximum atomic E-state index is 2.75. The van der Waals surface area contributed by atoms with Gasteiger partial charge in [-0.15, -0.1) is 0 Å². The van der Waals surface area contributed by atoms with Crippen LogP contribution in [0.25, 0.3) is 11.1 Å². The van der Waals surface area contributed by atoms with Crippen molar-refractivity contribution in [2.75, 3.05) is 0 Å². The van der Waals surface area contributed by atoms with Crippen molar-refractivity contribution in [3.05, 3.63) is 80.8 Å². The molecule has 0 nitrogen and oxygen atoms in total. The summed E-state index contributed by atoms with van der Waals surface area (Å²) in [7, 11) is 0. The summed E-state index contributed by atoms with van der Waals surface area (Å²) in [6, 6.07) is 15.7. The van der Waals surface area contributed by atoms with E-state index in [1.165, 1.54) is 103 Å². The maximum absolute atomic E-state index is 2.75. The zero-order valence-corrected chi connectivity index (χ0v) is 26.6. The summed E-state index contributed by atoms with van der Waals surface area (Å²) in [4.78, 5) is 0. The molecule has 39 heavy (non-hydrogen) atoms. The fourth-order valence-electron chi connectivity index (χ4n) is 8.50. The van der Waals surface area contributed by atoms with Gasteiger partial charge in [0.2, 0.25) is 0 Å². The predicted octanol–water partition coefficient (Wildman–Crippen LogP) is 4.46. The minimum absolute atomic E-state index is 0. The second-order valence-corrected chi connectivity index (χ2v) is 17.0. The number of allylic oxidation sites excluding steroid dienone is 4. The molecule has 0 amide bonds. The standard InChI is InChI=1S/C25H29.C6H10.C5H5.2ClH.Ti/c1-3-7-18(8-4-1)20-11-13-24-22(15-20)17-23-16-21(12-14-25(23)24)19-9-5-2-6-10-19;1-2-4-6-5-3-1;1-2-4-5-3-1;;;/h11-19H,1-10H2;1-5H2;1-3H,4H2;2*1H;/q;;;;;+2/p-2. The SMILES string of the molecule is C1=CC[C]([Ti+2](=[C]2CCCCC2)[CH]2c3cc(C4CCCCC4)ccc3-c3ccc(C4CCCCC4)cc32)=C1.[Cl-].[Cl-]. The minimum atomic E-state index is -1.68. The molecule has 0 radical (unpaired) electrons. The molecule has 0 saturated heterocycles. The second kappa shape index (κ2) is 13.4. The Morgan fingerprint density at radius 2 is 1.10 bits per heavy atom. The molecular formula is C36H44Cl2Ti. The fraction of sp³-hybridized carbons (Fsp3) is 0.528. The normalized spacial score (nSPS) is 21.3. The van der Waals surface area contributed by atoms with E-state index < -0.39 is 17.4 Å². The Labute approximate surface area is 255 Å². The Hall–Kier alpha value is -0.916. The molecule has 2 aromatic rings. The fourth-order valence-corrected chi connectivity index (χ4v) is 14.5. The number of rotatable bonds is 4. The summed E-state index contributed by atoms with van der Waals surface area (Å²) in [5, 5.41) is 0. The van der Waals surface area contributed by atoms with Crippen LogP contribution in [0.2, 0.25) is 0 Å². The van der Waals surface area contributed by atoms with E-state index in [-0.39, 0.29) is 24.8 Å². The third-order valence-electron chi connectivity index (χ3n) is 10.5. The van der Waals surface area contributed by atoms with Crippen molar-refractivity contribution in [3.8, 4) is 11.1 Å². The summed E-state index contributed by atoms with van der Waals surface area (Å²) >= 11 is -1.68. The van der Waals surface area contributed by atoms with Crippen LogP contribution in [-0.2, 0) is 17.4 Å². The van der Waals surface area contributed by atoms with Gasteiger partial charge in [0.15, 0.2) is 0 Å². The van der Waals surface area contributed by atoms with Gasteiger partial charge < -0.3 is 24.8 Å². The molecule has 3 saturated carbocycles. The molecule has 0 spiro atoms. The molecule has 5 aliphatic carbocycles. The first-order chi connectivity index (χ1) is 18.4. The Morgan fingerprint density at radius 3 is 1.59 bits per heavy atom. The van der Waals surface area contributed by atoms with E-state index in [1.807, 2.05) is 7.69 Å². The zero-order valence-electron chi connectivity index (χ0n) is 23.5. The maximum Gasteiger partial charge on any atom is -1.00 e. The molecule has 0 N–H and O–H groups in total. The molecule has 206 valence electrons. The summed E-state index contributed by atoms with van der Waals surface area (Å²) in [5.41, 5.74) is 9.96. The molecule has 0 bridgehead atoms. The number of hydrogen-bond donors (Lipinski definition) is 0. The van der Waals surface area contributed by atoms with Crippen LogP contribution < -0.4 is 24.8 Å². The van der Waals surface area contributed by atoms with Gasteiger partial charge in [-0.05, 0) is 0 Å². The van der Waals surface area contributed by atoms with Crippen LogP contribution in [0.15, 0.2) is 58.5 Å². The average Bonchev–Trinajstić information content (AvgIpc) is 3.62. The smallest absolute Gasteiger partial charge is 1.00 e. The van der Waals surface area contributed by atoms with Gasteiger partial charge in [-0.25, -0.2) is 0 Å². The van der Waals surface area contributed by atoms with Gasteiger partial charge >= 0.3 is 232 Å². The molecule has 2 aromatic carbocycles. The van der Waals surface area contributed by atoms with E-state index in [1.54, 1.807) is 33.4 Å². The van der Waals surface area contributed by atoms with Crippen LogP contribution in [0.5, 0.6) is 0 Å². The second-order valence-electron chi connectivity index (χ2n) is 12.7. The van der Waals surface area contributed by atoms with Crippen LogP contribution >= 0.6 is 0 Å². The molecule has 7 rings (SSSR count). The van der Waals surface area contributed by atoms with Crippen LogP contribution in [0.3, 0.4) is 0 Å². The first-order valence-corrected chi connectivity index (χ1v) is 18.2. The summed E-state index contributed by atoms with van der Waals surface area (Å²) < 4.78 is 4.55. The van der Waals surface area contributed by atoms with E-state index in [2.05, 4.69) is 54.6 Å². The zero-order chi connectivity index (χ0) is 24.6. The van der Waals surface area contributed by atoms with Crippen molar-refractivity contribution in [2.45, 2.75) is 119 Å². The Kier molecular flexibility index (Phi) is 10.1. The van der Waals surface area contributed by atoms with Gasteiger partial charge in [0, 0.05) is 0 Å². The number of halogens is 2. The Morgan fingerprint density at radius 1 is 0.590 bits per heavy atom. The van der Waals surface area contributed by atoms with Crippen molar-refractivity contribution in [1.29, 1.82) is 0 Å². The third-order valence-corrected chi connectivity index (χ3v) is 16.0. The molecule has 0 aliphatic heterocycles. The number of benzene rings is 2. The van der Waals surface area contributed by atoms with Gasteiger partial charge in [0.05, 0.1) is 0 Å². The van der Waals surface area contributed by atoms with Gasteiger partial charge in [-0.2, -0.15) is 0 Å². The van der Waals surface area contributed by atoms with E-state index in [9.17, 15) is 0 Å². The molecule has 5 aliphatic rings. The first-order valence-electron chi connectivity index (χ1n) is 15.7. The molecule has 0 atom stereocenters. The van der Waals surface area contributed by atoms with Gasteiger partial charge in [0.1, 0.15) is 0 Å². The van der Waals surface area contributed by atoms with Gasteiger partial charge in [-0.3, -0.25) is 0 Å². The van der Waals surface area contributed by atoms with E-state index >= 15 is 0 Å². The molecule has 0 heterocycles. The van der Waals surface area contributed by atoms with Crippen molar-refractivity contribution < 1.29 is 42.2 Å². The largest absolute Gasteiger partial charge is 1.00 e. The summed E-state index contributed by atoms with van der Waals surface area (Å²) in [6.07, 6.45) is 29.9. The summed E-state index contributed by atoms with van der Waals surface area (Å²) in [5.74, 6) is 1.58. The molecule has 3 heteroatoms. The van der Waals surface area contributed by atoms with Crippen LogP contribution in [0.4, 0.5) is 0 Å². The topological polar surface area (TPSA) is 0 Å². The van der Waals surface area contributed by atoms with Gasteiger partial charge in [-0.1, -0.05) is 0 Å². The Balaban J connectivity index is 0.00000154.